The second-order valence-electron chi connectivity index (χ2n) is 8.70. The average Bonchev–Trinajstić information content (AvgIpc) is 2.87. The maximum absolute atomic E-state index is 13.7. The number of hydrogen-bond donors (Lipinski definition) is 1. The summed E-state index contributed by atoms with van der Waals surface area (Å²) in [4.78, 5) is 27.4. The lowest BCUT2D eigenvalue weighted by Gasteiger charge is -2.32. The molecule has 37 heavy (non-hydrogen) atoms. The van der Waals surface area contributed by atoms with Crippen LogP contribution < -0.4 is 9.62 Å². The van der Waals surface area contributed by atoms with Crippen LogP contribution in [0, 0.1) is 19.7 Å². The van der Waals surface area contributed by atoms with Crippen LogP contribution >= 0.6 is 11.6 Å². The van der Waals surface area contributed by atoms with Gasteiger partial charge in [-0.3, -0.25) is 13.9 Å². The van der Waals surface area contributed by atoms with Crippen molar-refractivity contribution >= 4 is 39.1 Å². The number of rotatable bonds is 9. The molecule has 0 saturated carbocycles. The van der Waals surface area contributed by atoms with Gasteiger partial charge in [-0.1, -0.05) is 47.5 Å². The molecule has 10 heteroatoms. The molecular weight excluding hydrogens is 517 g/mol. The summed E-state index contributed by atoms with van der Waals surface area (Å²) in [7, 11) is -2.74. The molecule has 0 aliphatic rings. The lowest BCUT2D eigenvalue weighted by atomic mass is 10.1. The first-order valence-electron chi connectivity index (χ1n) is 11.5. The van der Waals surface area contributed by atoms with Crippen LogP contribution in [0.5, 0.6) is 0 Å². The van der Waals surface area contributed by atoms with Crippen LogP contribution in [-0.4, -0.2) is 44.8 Å². The third-order valence-electron chi connectivity index (χ3n) is 6.01. The predicted molar refractivity (Wildman–Crippen MR) is 142 cm³/mol. The van der Waals surface area contributed by atoms with E-state index in [9.17, 15) is 22.4 Å². The number of hydrogen-bond acceptors (Lipinski definition) is 4. The maximum atomic E-state index is 13.7. The van der Waals surface area contributed by atoms with Crippen molar-refractivity contribution in [3.05, 3.63) is 94.3 Å². The molecule has 0 aromatic heterocycles. The van der Waals surface area contributed by atoms with Crippen LogP contribution in [0.15, 0.2) is 71.6 Å². The van der Waals surface area contributed by atoms with E-state index in [0.717, 1.165) is 15.4 Å². The van der Waals surface area contributed by atoms with Gasteiger partial charge in [0.2, 0.25) is 11.8 Å². The van der Waals surface area contributed by atoms with E-state index < -0.39 is 40.2 Å². The van der Waals surface area contributed by atoms with E-state index in [1.807, 2.05) is 6.92 Å². The Morgan fingerprint density at radius 3 is 2.19 bits per heavy atom. The van der Waals surface area contributed by atoms with Crippen LogP contribution in [-0.2, 0) is 26.2 Å². The van der Waals surface area contributed by atoms with Gasteiger partial charge in [0.25, 0.3) is 10.0 Å². The summed E-state index contributed by atoms with van der Waals surface area (Å²) in [5, 5.41) is 2.86. The molecule has 3 aromatic carbocycles. The highest BCUT2D eigenvalue weighted by Crippen LogP contribution is 2.28. The first-order valence-corrected chi connectivity index (χ1v) is 13.4. The van der Waals surface area contributed by atoms with Crippen molar-refractivity contribution in [3.63, 3.8) is 0 Å². The standard InChI is InChI=1S/C27H29ClFN3O4S/c1-18-5-13-24(14-6-18)37(35,36)32(23-12-7-19(2)25(28)15-23)17-26(33)31(20(3)27(34)30-4)16-21-8-10-22(29)11-9-21/h5-15,20H,16-17H2,1-4H3,(H,30,34)/t20-/m1/s1. The molecule has 1 N–H and O–H groups in total. The molecule has 1 atom stereocenters. The van der Waals surface area contributed by atoms with Crippen molar-refractivity contribution < 1.29 is 22.4 Å². The van der Waals surface area contributed by atoms with Crippen molar-refractivity contribution in [1.82, 2.24) is 10.2 Å². The molecule has 0 fully saturated rings. The van der Waals surface area contributed by atoms with Gasteiger partial charge in [-0.05, 0) is 68.3 Å². The molecule has 0 spiro atoms. The zero-order chi connectivity index (χ0) is 27.3. The van der Waals surface area contributed by atoms with Gasteiger partial charge in [0, 0.05) is 18.6 Å². The van der Waals surface area contributed by atoms with Crippen molar-refractivity contribution in [1.29, 1.82) is 0 Å². The minimum atomic E-state index is -4.18. The van der Waals surface area contributed by atoms with E-state index in [4.69, 9.17) is 11.6 Å². The monoisotopic (exact) mass is 545 g/mol. The third kappa shape index (κ3) is 6.67. The van der Waals surface area contributed by atoms with E-state index in [1.165, 1.54) is 54.4 Å². The Balaban J connectivity index is 2.05. The number of likely N-dealkylation sites (N-methyl/N-ethyl adjacent to an activating group) is 1. The number of nitrogens with one attached hydrogen (secondary N) is 1. The summed E-state index contributed by atoms with van der Waals surface area (Å²) in [6.45, 7) is 4.55. The molecule has 3 rings (SSSR count). The van der Waals surface area contributed by atoms with Gasteiger partial charge < -0.3 is 10.2 Å². The van der Waals surface area contributed by atoms with Gasteiger partial charge in [-0.25, -0.2) is 12.8 Å². The molecular formula is C27H29ClFN3O4S. The molecule has 0 radical (unpaired) electrons. The largest absolute Gasteiger partial charge is 0.357 e. The van der Waals surface area contributed by atoms with Gasteiger partial charge in [-0.2, -0.15) is 0 Å². The average molecular weight is 546 g/mol. The van der Waals surface area contributed by atoms with Crippen LogP contribution in [0.25, 0.3) is 0 Å². The fraction of sp³-hybridized carbons (Fsp3) is 0.259. The second-order valence-corrected chi connectivity index (χ2v) is 11.0. The number of carbonyl (C=O) groups excluding carboxylic acids is 2. The van der Waals surface area contributed by atoms with Crippen LogP contribution in [0.4, 0.5) is 10.1 Å². The molecule has 196 valence electrons. The smallest absolute Gasteiger partial charge is 0.264 e. The van der Waals surface area contributed by atoms with Crippen LogP contribution in [0.3, 0.4) is 0 Å². The van der Waals surface area contributed by atoms with Crippen LogP contribution in [0.2, 0.25) is 5.02 Å². The fourth-order valence-corrected chi connectivity index (χ4v) is 5.26. The molecule has 0 bridgehead atoms. The van der Waals surface area contributed by atoms with Gasteiger partial charge in [0.05, 0.1) is 10.6 Å². The third-order valence-corrected chi connectivity index (χ3v) is 8.21. The van der Waals surface area contributed by atoms with Gasteiger partial charge >= 0.3 is 0 Å². The summed E-state index contributed by atoms with van der Waals surface area (Å²) in [6, 6.07) is 15.6. The molecule has 0 saturated heterocycles. The van der Waals surface area contributed by atoms with E-state index in [-0.39, 0.29) is 17.1 Å². The number of benzene rings is 3. The Bertz CT molecular complexity index is 1380. The summed E-state index contributed by atoms with van der Waals surface area (Å²) in [5.41, 5.74) is 2.41. The highest BCUT2D eigenvalue weighted by Gasteiger charge is 2.32. The summed E-state index contributed by atoms with van der Waals surface area (Å²) >= 11 is 6.30. The first kappa shape index (κ1) is 28.1. The highest BCUT2D eigenvalue weighted by molar-refractivity contribution is 7.92. The number of amides is 2. The Hall–Kier alpha value is -3.43. The lowest BCUT2D eigenvalue weighted by molar-refractivity contribution is -0.139. The highest BCUT2D eigenvalue weighted by atomic mass is 35.5. The van der Waals surface area contributed by atoms with E-state index in [1.54, 1.807) is 38.1 Å². The Labute approximate surface area is 221 Å². The predicted octanol–water partition coefficient (Wildman–Crippen LogP) is 4.45. The topological polar surface area (TPSA) is 86.8 Å². The van der Waals surface area contributed by atoms with Crippen molar-refractivity contribution in [2.75, 3.05) is 17.9 Å². The molecule has 2 amide bonds. The van der Waals surface area contributed by atoms with Crippen LogP contribution in [0.1, 0.15) is 23.6 Å². The SMILES string of the molecule is CNC(=O)[C@@H](C)N(Cc1ccc(F)cc1)C(=O)CN(c1ccc(C)c(Cl)c1)S(=O)(=O)c1ccc(C)cc1. The van der Waals surface area contributed by atoms with Crippen molar-refractivity contribution in [2.45, 2.75) is 38.3 Å². The zero-order valence-corrected chi connectivity index (χ0v) is 22.6. The lowest BCUT2D eigenvalue weighted by Crippen LogP contribution is -2.50. The Morgan fingerprint density at radius 2 is 1.62 bits per heavy atom. The summed E-state index contributed by atoms with van der Waals surface area (Å²) in [5.74, 6) is -1.48. The molecule has 0 aliphatic carbocycles. The van der Waals surface area contributed by atoms with E-state index >= 15 is 0 Å². The van der Waals surface area contributed by atoms with Gasteiger partial charge in [0.15, 0.2) is 0 Å². The number of anilines is 1. The zero-order valence-electron chi connectivity index (χ0n) is 21.0. The normalized spacial score (nSPS) is 12.1. The quantitative estimate of drug-likeness (QED) is 0.430. The van der Waals surface area contributed by atoms with E-state index in [2.05, 4.69) is 5.32 Å². The minimum Gasteiger partial charge on any atom is -0.357 e. The van der Waals surface area contributed by atoms with Crippen molar-refractivity contribution in [2.24, 2.45) is 0 Å². The number of aryl methyl sites for hydroxylation is 2. The Kier molecular flexibility index (Phi) is 8.94. The number of carbonyl (C=O) groups is 2. The molecule has 0 unspecified atom stereocenters. The second kappa shape index (κ2) is 11.7. The molecule has 7 nitrogen and oxygen atoms in total. The molecule has 0 aliphatic heterocycles. The molecule has 3 aromatic rings. The Morgan fingerprint density at radius 1 is 1.00 bits per heavy atom. The number of nitrogens with zero attached hydrogens (tertiary/aromatic N) is 2. The summed E-state index contributed by atoms with van der Waals surface area (Å²) in [6.07, 6.45) is 0. The minimum absolute atomic E-state index is 0.00651. The van der Waals surface area contributed by atoms with Gasteiger partial charge in [-0.15, -0.1) is 0 Å². The summed E-state index contributed by atoms with van der Waals surface area (Å²) < 4.78 is 41.9. The van der Waals surface area contributed by atoms with Gasteiger partial charge in [0.1, 0.15) is 18.4 Å². The molecule has 0 heterocycles. The van der Waals surface area contributed by atoms with Crippen molar-refractivity contribution in [3.8, 4) is 0 Å². The fourth-order valence-electron chi connectivity index (χ4n) is 3.68. The number of sulfonamides is 1. The maximum Gasteiger partial charge on any atom is 0.264 e. The first-order chi connectivity index (χ1) is 17.4. The van der Waals surface area contributed by atoms with E-state index in [0.29, 0.717) is 10.6 Å². The number of halogens is 2.